The molecule has 0 aromatic carbocycles. The summed E-state index contributed by atoms with van der Waals surface area (Å²) < 4.78 is 12.4. The summed E-state index contributed by atoms with van der Waals surface area (Å²) >= 11 is 4.90. The lowest BCUT2D eigenvalue weighted by Gasteiger charge is -2.11. The van der Waals surface area contributed by atoms with E-state index in [4.69, 9.17) is 33.8 Å². The second kappa shape index (κ2) is 4.73. The fourth-order valence-electron chi connectivity index (χ4n) is 1.81. The van der Waals surface area contributed by atoms with Crippen LogP contribution in [0.25, 0.3) is 0 Å². The number of fused-ring (bicyclic) bond motifs is 1. The number of terminal acetylenes is 1. The zero-order valence-electron chi connectivity index (χ0n) is 9.47. The largest absolute Gasteiger partial charge is 0.471 e. The van der Waals surface area contributed by atoms with Gasteiger partial charge >= 0.3 is 0 Å². The van der Waals surface area contributed by atoms with E-state index in [1.807, 2.05) is 6.92 Å². The van der Waals surface area contributed by atoms with Crippen LogP contribution in [0.15, 0.2) is 0 Å². The highest BCUT2D eigenvalue weighted by molar-refractivity contribution is 7.80. The molecule has 90 valence electrons. The molecule has 1 aromatic heterocycles. The molecule has 2 rings (SSSR count). The Kier molecular flexibility index (Phi) is 3.31. The van der Waals surface area contributed by atoms with E-state index in [0.29, 0.717) is 12.5 Å². The van der Waals surface area contributed by atoms with Crippen LogP contribution in [0.1, 0.15) is 11.3 Å². The van der Waals surface area contributed by atoms with Gasteiger partial charge in [-0.05, 0) is 19.1 Å². The molecule has 0 amide bonds. The quantitative estimate of drug-likeness (QED) is 0.473. The van der Waals surface area contributed by atoms with E-state index in [-0.39, 0.29) is 17.8 Å². The fraction of sp³-hybridized carbons (Fsp3) is 0.455. The lowest BCUT2D eigenvalue weighted by molar-refractivity contribution is 0.0750. The molecule has 1 aliphatic heterocycles. The van der Waals surface area contributed by atoms with Gasteiger partial charge in [0.05, 0.1) is 12.3 Å². The molecule has 6 heteroatoms. The first-order valence-electron chi connectivity index (χ1n) is 5.19. The second-order valence-corrected chi connectivity index (χ2v) is 4.20. The van der Waals surface area contributed by atoms with Gasteiger partial charge in [0.2, 0.25) is 5.88 Å². The SMILES string of the molecule is C#CCOC[C@@H]1Cc2c(C)nn(C(N)=S)c2O1. The summed E-state index contributed by atoms with van der Waals surface area (Å²) in [6.45, 7) is 2.65. The number of rotatable bonds is 3. The highest BCUT2D eigenvalue weighted by Gasteiger charge is 2.30. The van der Waals surface area contributed by atoms with E-state index in [0.717, 1.165) is 17.7 Å². The van der Waals surface area contributed by atoms with Crippen LogP contribution in [-0.2, 0) is 11.2 Å². The maximum atomic E-state index is 5.71. The highest BCUT2D eigenvalue weighted by Crippen LogP contribution is 2.31. The average molecular weight is 251 g/mol. The Labute approximate surface area is 105 Å². The van der Waals surface area contributed by atoms with E-state index in [9.17, 15) is 0 Å². The van der Waals surface area contributed by atoms with Crippen molar-refractivity contribution in [3.05, 3.63) is 11.3 Å². The van der Waals surface area contributed by atoms with E-state index >= 15 is 0 Å². The summed E-state index contributed by atoms with van der Waals surface area (Å²) in [5.74, 6) is 3.04. The Hall–Kier alpha value is -1.58. The Morgan fingerprint density at radius 2 is 2.59 bits per heavy atom. The molecular weight excluding hydrogens is 238 g/mol. The Morgan fingerprint density at radius 3 is 3.24 bits per heavy atom. The normalized spacial score (nSPS) is 17.3. The summed E-state index contributed by atoms with van der Waals surface area (Å²) in [5, 5.41) is 4.40. The molecule has 0 spiro atoms. The Morgan fingerprint density at radius 1 is 1.82 bits per heavy atom. The van der Waals surface area contributed by atoms with E-state index in [1.165, 1.54) is 4.68 Å². The average Bonchev–Trinajstić information content (AvgIpc) is 2.80. The molecule has 0 unspecified atom stereocenters. The molecule has 0 aliphatic carbocycles. The number of aryl methyl sites for hydroxylation is 1. The third-order valence-corrected chi connectivity index (χ3v) is 2.72. The molecule has 5 nitrogen and oxygen atoms in total. The first-order valence-corrected chi connectivity index (χ1v) is 5.60. The first kappa shape index (κ1) is 11.9. The summed E-state index contributed by atoms with van der Waals surface area (Å²) in [4.78, 5) is 0. The van der Waals surface area contributed by atoms with Crippen LogP contribution in [0.5, 0.6) is 5.88 Å². The number of nitrogens with two attached hydrogens (primary N) is 1. The van der Waals surface area contributed by atoms with Crippen molar-refractivity contribution in [1.29, 1.82) is 0 Å². The van der Waals surface area contributed by atoms with Gasteiger partial charge in [-0.3, -0.25) is 0 Å². The van der Waals surface area contributed by atoms with Crippen molar-refractivity contribution in [2.24, 2.45) is 5.73 Å². The van der Waals surface area contributed by atoms with Crippen molar-refractivity contribution in [2.45, 2.75) is 19.4 Å². The van der Waals surface area contributed by atoms with E-state index in [1.54, 1.807) is 0 Å². The minimum atomic E-state index is -0.0457. The summed E-state index contributed by atoms with van der Waals surface area (Å²) in [6, 6.07) is 0. The van der Waals surface area contributed by atoms with Crippen LogP contribution < -0.4 is 10.5 Å². The van der Waals surface area contributed by atoms with Crippen LogP contribution >= 0.6 is 12.2 Å². The Bertz CT molecular complexity index is 490. The third kappa shape index (κ3) is 2.25. The lowest BCUT2D eigenvalue weighted by Crippen LogP contribution is -2.25. The van der Waals surface area contributed by atoms with Crippen molar-refractivity contribution in [2.75, 3.05) is 13.2 Å². The van der Waals surface area contributed by atoms with E-state index in [2.05, 4.69) is 11.0 Å². The molecule has 0 fully saturated rings. The molecule has 0 bridgehead atoms. The van der Waals surface area contributed by atoms with Crippen molar-refractivity contribution >= 4 is 17.3 Å². The smallest absolute Gasteiger partial charge is 0.222 e. The highest BCUT2D eigenvalue weighted by atomic mass is 32.1. The van der Waals surface area contributed by atoms with Crippen LogP contribution in [-0.4, -0.2) is 34.2 Å². The maximum absolute atomic E-state index is 5.71. The van der Waals surface area contributed by atoms with Gasteiger partial charge in [-0.1, -0.05) is 5.92 Å². The van der Waals surface area contributed by atoms with Crippen LogP contribution in [0, 0.1) is 19.3 Å². The molecule has 17 heavy (non-hydrogen) atoms. The molecule has 0 saturated heterocycles. The maximum Gasteiger partial charge on any atom is 0.222 e. The summed E-state index contributed by atoms with van der Waals surface area (Å²) in [6.07, 6.45) is 5.80. The summed E-state index contributed by atoms with van der Waals surface area (Å²) in [7, 11) is 0. The van der Waals surface area contributed by atoms with E-state index < -0.39 is 0 Å². The molecule has 1 aromatic rings. The van der Waals surface area contributed by atoms with Crippen LogP contribution in [0.4, 0.5) is 0 Å². The Balaban J connectivity index is 2.09. The van der Waals surface area contributed by atoms with Crippen molar-refractivity contribution in [3.63, 3.8) is 0 Å². The number of ether oxygens (including phenoxy) is 2. The zero-order chi connectivity index (χ0) is 12.4. The minimum absolute atomic E-state index is 0.0457. The van der Waals surface area contributed by atoms with Gasteiger partial charge in [0, 0.05) is 12.0 Å². The molecule has 2 heterocycles. The monoisotopic (exact) mass is 251 g/mol. The van der Waals surface area contributed by atoms with Crippen molar-refractivity contribution < 1.29 is 9.47 Å². The van der Waals surface area contributed by atoms with Gasteiger partial charge in [-0.2, -0.15) is 9.78 Å². The standard InChI is InChI=1S/C11H13N3O2S/c1-3-4-15-6-8-5-9-7(2)13-14(11(12)17)10(9)16-8/h1,8H,4-6H2,2H3,(H2,12,17)/t8-/m0/s1. The van der Waals surface area contributed by atoms with Crippen molar-refractivity contribution in [1.82, 2.24) is 9.78 Å². The molecule has 2 N–H and O–H groups in total. The number of hydrogen-bond donors (Lipinski definition) is 1. The minimum Gasteiger partial charge on any atom is -0.471 e. The fourth-order valence-corrected chi connectivity index (χ4v) is 1.94. The second-order valence-electron chi connectivity index (χ2n) is 3.78. The molecular formula is C11H13N3O2S. The first-order chi connectivity index (χ1) is 8.13. The van der Waals surface area contributed by atoms with Gasteiger partial charge in [-0.25, -0.2) is 0 Å². The van der Waals surface area contributed by atoms with Gasteiger partial charge in [0.15, 0.2) is 5.11 Å². The van der Waals surface area contributed by atoms with Gasteiger partial charge in [0.1, 0.15) is 12.7 Å². The number of thiocarbonyl (C=S) groups is 1. The van der Waals surface area contributed by atoms with Crippen molar-refractivity contribution in [3.8, 4) is 18.2 Å². The van der Waals surface area contributed by atoms with Gasteiger partial charge < -0.3 is 15.2 Å². The predicted molar refractivity (Wildman–Crippen MR) is 66.9 cm³/mol. The molecule has 0 saturated carbocycles. The number of hydrogen-bond acceptors (Lipinski definition) is 4. The molecule has 0 radical (unpaired) electrons. The van der Waals surface area contributed by atoms with Gasteiger partial charge in [-0.15, -0.1) is 6.42 Å². The molecule has 1 atom stereocenters. The third-order valence-electron chi connectivity index (χ3n) is 2.55. The van der Waals surface area contributed by atoms with Crippen LogP contribution in [0.2, 0.25) is 0 Å². The molecule has 1 aliphatic rings. The lowest BCUT2D eigenvalue weighted by atomic mass is 10.1. The number of nitrogens with zero attached hydrogens (tertiary/aromatic N) is 2. The van der Waals surface area contributed by atoms with Gasteiger partial charge in [0.25, 0.3) is 0 Å². The van der Waals surface area contributed by atoms with Crippen LogP contribution in [0.3, 0.4) is 0 Å². The number of aromatic nitrogens is 2. The topological polar surface area (TPSA) is 62.3 Å². The summed E-state index contributed by atoms with van der Waals surface area (Å²) in [5.41, 5.74) is 7.48. The zero-order valence-corrected chi connectivity index (χ0v) is 10.3. The predicted octanol–water partition coefficient (Wildman–Crippen LogP) is 0.237.